The summed E-state index contributed by atoms with van der Waals surface area (Å²) in [6.45, 7) is 6.27. The highest BCUT2D eigenvalue weighted by molar-refractivity contribution is 4.69. The van der Waals surface area contributed by atoms with Crippen LogP contribution in [0.2, 0.25) is 0 Å². The molecule has 0 bridgehead atoms. The van der Waals surface area contributed by atoms with Gasteiger partial charge in [-0.1, -0.05) is 44.9 Å². The monoisotopic (exact) mass is 224 g/mol. The van der Waals surface area contributed by atoms with Gasteiger partial charge in [0, 0.05) is 26.2 Å². The van der Waals surface area contributed by atoms with Crippen molar-refractivity contribution in [3.05, 3.63) is 0 Å². The second-order valence-corrected chi connectivity index (χ2v) is 5.59. The summed E-state index contributed by atoms with van der Waals surface area (Å²) in [5.74, 6) is 1.08. The molecule has 2 rings (SSSR count). The zero-order chi connectivity index (χ0) is 11.1. The molecule has 0 amide bonds. The maximum Gasteiger partial charge on any atom is 0.0107 e. The van der Waals surface area contributed by atoms with E-state index >= 15 is 0 Å². The van der Waals surface area contributed by atoms with E-state index in [1.54, 1.807) is 0 Å². The molecule has 16 heavy (non-hydrogen) atoms. The molecule has 0 aromatic heterocycles. The Balaban J connectivity index is 1.47. The van der Waals surface area contributed by atoms with Crippen LogP contribution >= 0.6 is 0 Å². The van der Waals surface area contributed by atoms with Crippen molar-refractivity contribution in [2.24, 2.45) is 5.92 Å². The molecule has 1 aliphatic carbocycles. The fourth-order valence-electron chi connectivity index (χ4n) is 3.18. The van der Waals surface area contributed by atoms with Crippen LogP contribution in [-0.4, -0.2) is 37.6 Å². The van der Waals surface area contributed by atoms with Gasteiger partial charge >= 0.3 is 0 Å². The average molecular weight is 224 g/mol. The van der Waals surface area contributed by atoms with Crippen molar-refractivity contribution >= 4 is 0 Å². The van der Waals surface area contributed by atoms with Crippen LogP contribution in [0.25, 0.3) is 0 Å². The van der Waals surface area contributed by atoms with Crippen LogP contribution in [0.4, 0.5) is 0 Å². The fraction of sp³-hybridized carbons (Fsp3) is 1.00. The first-order valence-electron chi connectivity index (χ1n) is 7.38. The van der Waals surface area contributed by atoms with E-state index in [9.17, 15) is 0 Å². The number of nitrogens with zero attached hydrogens (tertiary/aromatic N) is 1. The van der Waals surface area contributed by atoms with Gasteiger partial charge in [-0.3, -0.25) is 0 Å². The van der Waals surface area contributed by atoms with Crippen molar-refractivity contribution in [2.45, 2.75) is 51.4 Å². The number of rotatable bonds is 5. The Morgan fingerprint density at radius 3 is 2.44 bits per heavy atom. The first-order chi connectivity index (χ1) is 7.95. The van der Waals surface area contributed by atoms with E-state index in [1.807, 2.05) is 0 Å². The van der Waals surface area contributed by atoms with Gasteiger partial charge in [0.1, 0.15) is 0 Å². The van der Waals surface area contributed by atoms with Gasteiger partial charge in [-0.05, 0) is 18.9 Å². The van der Waals surface area contributed by atoms with E-state index in [1.165, 1.54) is 84.1 Å². The van der Waals surface area contributed by atoms with Gasteiger partial charge in [0.05, 0.1) is 0 Å². The van der Waals surface area contributed by atoms with Crippen molar-refractivity contribution in [1.82, 2.24) is 10.2 Å². The highest BCUT2D eigenvalue weighted by Gasteiger charge is 2.13. The molecule has 2 fully saturated rings. The summed E-state index contributed by atoms with van der Waals surface area (Å²) in [4.78, 5) is 2.62. The van der Waals surface area contributed by atoms with Gasteiger partial charge < -0.3 is 10.2 Å². The average Bonchev–Trinajstić information content (AvgIpc) is 2.37. The molecule has 0 unspecified atom stereocenters. The van der Waals surface area contributed by atoms with E-state index in [2.05, 4.69) is 10.2 Å². The Morgan fingerprint density at radius 1 is 0.938 bits per heavy atom. The summed E-state index contributed by atoms with van der Waals surface area (Å²) in [6, 6.07) is 0. The lowest BCUT2D eigenvalue weighted by molar-refractivity contribution is 0.231. The van der Waals surface area contributed by atoms with E-state index in [0.717, 1.165) is 5.92 Å². The van der Waals surface area contributed by atoms with Crippen molar-refractivity contribution in [1.29, 1.82) is 0 Å². The number of piperazine rings is 1. The van der Waals surface area contributed by atoms with E-state index in [4.69, 9.17) is 0 Å². The minimum Gasteiger partial charge on any atom is -0.314 e. The molecule has 0 spiro atoms. The Kier molecular flexibility index (Phi) is 5.64. The van der Waals surface area contributed by atoms with E-state index in [-0.39, 0.29) is 0 Å². The van der Waals surface area contributed by atoms with Gasteiger partial charge in [0.25, 0.3) is 0 Å². The molecule has 1 saturated heterocycles. The van der Waals surface area contributed by atoms with Crippen molar-refractivity contribution in [3.8, 4) is 0 Å². The second kappa shape index (κ2) is 7.29. The van der Waals surface area contributed by atoms with Gasteiger partial charge in [-0.25, -0.2) is 0 Å². The zero-order valence-electron chi connectivity index (χ0n) is 10.7. The van der Waals surface area contributed by atoms with Crippen LogP contribution in [0, 0.1) is 5.92 Å². The Hall–Kier alpha value is -0.0800. The summed E-state index contributed by atoms with van der Waals surface area (Å²) >= 11 is 0. The summed E-state index contributed by atoms with van der Waals surface area (Å²) < 4.78 is 0. The lowest BCUT2D eigenvalue weighted by atomic mass is 9.86. The molecule has 2 aliphatic rings. The van der Waals surface area contributed by atoms with Crippen LogP contribution in [-0.2, 0) is 0 Å². The van der Waals surface area contributed by atoms with Crippen molar-refractivity contribution in [3.63, 3.8) is 0 Å². The maximum absolute atomic E-state index is 3.42. The Bertz CT molecular complexity index is 150. The Morgan fingerprint density at radius 2 is 1.69 bits per heavy atom. The number of nitrogens with one attached hydrogen (secondary N) is 1. The van der Waals surface area contributed by atoms with Gasteiger partial charge in [0.15, 0.2) is 0 Å². The number of hydrogen-bond acceptors (Lipinski definition) is 2. The largest absolute Gasteiger partial charge is 0.314 e. The summed E-state index contributed by atoms with van der Waals surface area (Å²) in [5.41, 5.74) is 0. The first-order valence-corrected chi connectivity index (χ1v) is 7.38. The standard InChI is InChI=1S/C14H28N2/c1-2-6-14(7-3-1)8-4-5-11-16-12-9-15-10-13-16/h14-15H,1-13H2. The molecule has 1 N–H and O–H groups in total. The molecule has 2 heteroatoms. The van der Waals surface area contributed by atoms with E-state index < -0.39 is 0 Å². The summed E-state index contributed by atoms with van der Waals surface area (Å²) in [6.07, 6.45) is 11.9. The predicted molar refractivity (Wildman–Crippen MR) is 69.7 cm³/mol. The van der Waals surface area contributed by atoms with E-state index in [0.29, 0.717) is 0 Å². The molecular formula is C14H28N2. The molecule has 1 aliphatic heterocycles. The number of hydrogen-bond donors (Lipinski definition) is 1. The number of unbranched alkanes of at least 4 members (excludes halogenated alkanes) is 1. The molecular weight excluding hydrogens is 196 g/mol. The summed E-state index contributed by atoms with van der Waals surface area (Å²) in [5, 5.41) is 3.42. The maximum atomic E-state index is 3.42. The highest BCUT2D eigenvalue weighted by Crippen LogP contribution is 2.27. The second-order valence-electron chi connectivity index (χ2n) is 5.59. The van der Waals surface area contributed by atoms with Gasteiger partial charge in [0.2, 0.25) is 0 Å². The predicted octanol–water partition coefficient (Wildman–Crippen LogP) is 2.64. The lowest BCUT2D eigenvalue weighted by Crippen LogP contribution is -2.43. The Labute approximate surface area is 101 Å². The topological polar surface area (TPSA) is 15.3 Å². The minimum atomic E-state index is 1.08. The third-order valence-corrected chi connectivity index (χ3v) is 4.27. The quantitative estimate of drug-likeness (QED) is 0.722. The minimum absolute atomic E-state index is 1.08. The molecule has 0 atom stereocenters. The van der Waals surface area contributed by atoms with Crippen molar-refractivity contribution < 1.29 is 0 Å². The van der Waals surface area contributed by atoms with Crippen LogP contribution in [0.1, 0.15) is 51.4 Å². The smallest absolute Gasteiger partial charge is 0.0107 e. The van der Waals surface area contributed by atoms with Crippen LogP contribution in [0.3, 0.4) is 0 Å². The first kappa shape index (κ1) is 12.4. The summed E-state index contributed by atoms with van der Waals surface area (Å²) in [7, 11) is 0. The highest BCUT2D eigenvalue weighted by atomic mass is 15.2. The molecule has 0 radical (unpaired) electrons. The van der Waals surface area contributed by atoms with Crippen LogP contribution in [0.5, 0.6) is 0 Å². The van der Waals surface area contributed by atoms with Gasteiger partial charge in [-0.15, -0.1) is 0 Å². The normalized spacial score (nSPS) is 24.8. The zero-order valence-corrected chi connectivity index (χ0v) is 10.7. The molecule has 1 heterocycles. The van der Waals surface area contributed by atoms with Crippen molar-refractivity contribution in [2.75, 3.05) is 32.7 Å². The molecule has 94 valence electrons. The lowest BCUT2D eigenvalue weighted by Gasteiger charge is -2.27. The van der Waals surface area contributed by atoms with Gasteiger partial charge in [-0.2, -0.15) is 0 Å². The van der Waals surface area contributed by atoms with Crippen LogP contribution in [0.15, 0.2) is 0 Å². The molecule has 2 nitrogen and oxygen atoms in total. The third kappa shape index (κ3) is 4.42. The molecule has 0 aromatic rings. The molecule has 1 saturated carbocycles. The fourth-order valence-corrected chi connectivity index (χ4v) is 3.18. The SMILES string of the molecule is C1CCC(CCCCN2CCNCC2)CC1. The third-order valence-electron chi connectivity index (χ3n) is 4.27. The molecule has 0 aromatic carbocycles. The van der Waals surface area contributed by atoms with Crippen LogP contribution < -0.4 is 5.32 Å².